The molecule has 2 amide bonds. The van der Waals surface area contributed by atoms with Crippen LogP contribution in [0.2, 0.25) is 0 Å². The summed E-state index contributed by atoms with van der Waals surface area (Å²) in [5.74, 6) is -0.399. The summed E-state index contributed by atoms with van der Waals surface area (Å²) in [6.45, 7) is 6.05. The Morgan fingerprint density at radius 3 is 2.57 bits per heavy atom. The van der Waals surface area contributed by atoms with Gasteiger partial charge in [0, 0.05) is 19.4 Å². The molecule has 8 heteroatoms. The van der Waals surface area contributed by atoms with Crippen molar-refractivity contribution < 1.29 is 19.1 Å². The summed E-state index contributed by atoms with van der Waals surface area (Å²) in [7, 11) is 0. The van der Waals surface area contributed by atoms with Crippen LogP contribution in [-0.2, 0) is 20.7 Å². The highest BCUT2D eigenvalue weighted by Crippen LogP contribution is 2.15. The summed E-state index contributed by atoms with van der Waals surface area (Å²) in [6, 6.07) is 8.64. The SMILES string of the molecule is CC(C)(C)OC(=O)N[C@@H](Cc1ccccc1)C(=O)NNC(=S)C[C@H]1CCCO1. The Balaban J connectivity index is 1.93. The lowest BCUT2D eigenvalue weighted by atomic mass is 10.1. The van der Waals surface area contributed by atoms with Crippen molar-refractivity contribution in [1.82, 2.24) is 16.2 Å². The summed E-state index contributed by atoms with van der Waals surface area (Å²) in [4.78, 5) is 25.3. The largest absolute Gasteiger partial charge is 0.444 e. The van der Waals surface area contributed by atoms with Crippen molar-refractivity contribution in [2.45, 2.75) is 64.2 Å². The standard InChI is InChI=1S/C20H29N3O4S/c1-20(2,3)27-19(25)21-16(12-14-8-5-4-6-9-14)18(24)23-22-17(28)13-15-10-7-11-26-15/h4-6,8-9,15-16H,7,10-13H2,1-3H3,(H,21,25)(H,22,28)(H,23,24)/t15-,16+/m1/s1. The van der Waals surface area contributed by atoms with Gasteiger partial charge in [-0.3, -0.25) is 15.6 Å². The third-order valence-electron chi connectivity index (χ3n) is 4.05. The van der Waals surface area contributed by atoms with E-state index in [1.54, 1.807) is 20.8 Å². The van der Waals surface area contributed by atoms with E-state index in [1.165, 1.54) is 0 Å². The second kappa shape index (κ2) is 10.4. The maximum absolute atomic E-state index is 12.7. The molecule has 2 rings (SSSR count). The number of amides is 2. The third kappa shape index (κ3) is 8.22. The van der Waals surface area contributed by atoms with Crippen LogP contribution in [0.5, 0.6) is 0 Å². The molecule has 1 fully saturated rings. The average Bonchev–Trinajstić information content (AvgIpc) is 3.11. The molecule has 0 radical (unpaired) electrons. The zero-order valence-electron chi connectivity index (χ0n) is 16.6. The number of carbonyl (C=O) groups is 2. The molecule has 7 nitrogen and oxygen atoms in total. The first-order chi connectivity index (χ1) is 13.2. The van der Waals surface area contributed by atoms with E-state index in [4.69, 9.17) is 21.7 Å². The quantitative estimate of drug-likeness (QED) is 0.496. The molecule has 1 aliphatic heterocycles. The van der Waals surface area contributed by atoms with Gasteiger partial charge in [-0.25, -0.2) is 4.79 Å². The minimum Gasteiger partial charge on any atom is -0.444 e. The number of hydrogen-bond acceptors (Lipinski definition) is 5. The third-order valence-corrected chi connectivity index (χ3v) is 4.32. The second-order valence-electron chi connectivity index (χ2n) is 7.77. The number of ether oxygens (including phenoxy) is 2. The van der Waals surface area contributed by atoms with Crippen LogP contribution in [-0.4, -0.2) is 41.3 Å². The fourth-order valence-electron chi connectivity index (χ4n) is 2.79. The van der Waals surface area contributed by atoms with Gasteiger partial charge in [-0.2, -0.15) is 0 Å². The van der Waals surface area contributed by atoms with Gasteiger partial charge >= 0.3 is 6.09 Å². The highest BCUT2D eigenvalue weighted by Gasteiger charge is 2.25. The van der Waals surface area contributed by atoms with Gasteiger partial charge in [0.1, 0.15) is 11.6 Å². The first kappa shape index (κ1) is 22.1. The number of thiocarbonyl (C=S) groups is 1. The number of hydrogen-bond donors (Lipinski definition) is 3. The van der Waals surface area contributed by atoms with Gasteiger partial charge in [0.15, 0.2) is 0 Å². The zero-order valence-corrected chi connectivity index (χ0v) is 17.4. The Morgan fingerprint density at radius 1 is 1.25 bits per heavy atom. The molecule has 1 aromatic carbocycles. The van der Waals surface area contributed by atoms with Crippen LogP contribution in [0, 0.1) is 0 Å². The van der Waals surface area contributed by atoms with E-state index in [2.05, 4.69) is 16.2 Å². The Kier molecular flexibility index (Phi) is 8.19. The molecular weight excluding hydrogens is 378 g/mol. The number of benzene rings is 1. The minimum absolute atomic E-state index is 0.0944. The summed E-state index contributed by atoms with van der Waals surface area (Å²) in [5, 5.41) is 2.64. The number of nitrogens with one attached hydrogen (secondary N) is 3. The fourth-order valence-corrected chi connectivity index (χ4v) is 3.03. The van der Waals surface area contributed by atoms with Crippen molar-refractivity contribution in [1.29, 1.82) is 0 Å². The van der Waals surface area contributed by atoms with Crippen molar-refractivity contribution in [3.05, 3.63) is 35.9 Å². The van der Waals surface area contributed by atoms with E-state index < -0.39 is 23.6 Å². The molecule has 3 N–H and O–H groups in total. The lowest BCUT2D eigenvalue weighted by Crippen LogP contribution is -2.53. The van der Waals surface area contributed by atoms with Crippen molar-refractivity contribution in [2.75, 3.05) is 6.61 Å². The van der Waals surface area contributed by atoms with Gasteiger partial charge in [0.05, 0.1) is 11.1 Å². The molecule has 28 heavy (non-hydrogen) atoms. The van der Waals surface area contributed by atoms with Gasteiger partial charge in [-0.05, 0) is 39.2 Å². The zero-order chi connectivity index (χ0) is 20.6. The van der Waals surface area contributed by atoms with E-state index >= 15 is 0 Å². The molecule has 1 aliphatic rings. The van der Waals surface area contributed by atoms with Crippen LogP contribution in [0.1, 0.15) is 45.6 Å². The van der Waals surface area contributed by atoms with E-state index in [-0.39, 0.29) is 6.10 Å². The number of hydrazine groups is 1. The predicted molar refractivity (Wildman–Crippen MR) is 111 cm³/mol. The topological polar surface area (TPSA) is 88.7 Å². The predicted octanol–water partition coefficient (Wildman–Crippen LogP) is 2.64. The molecule has 0 spiro atoms. The summed E-state index contributed by atoms with van der Waals surface area (Å²) in [5.41, 5.74) is 5.61. The Labute approximate surface area is 171 Å². The van der Waals surface area contributed by atoms with E-state index in [9.17, 15) is 9.59 Å². The molecule has 0 unspecified atom stereocenters. The van der Waals surface area contributed by atoms with Crippen LogP contribution in [0.15, 0.2) is 30.3 Å². The van der Waals surface area contributed by atoms with E-state index in [1.807, 2.05) is 30.3 Å². The second-order valence-corrected chi connectivity index (χ2v) is 8.26. The molecule has 1 aromatic rings. The molecule has 0 saturated carbocycles. The molecule has 154 valence electrons. The van der Waals surface area contributed by atoms with Crippen molar-refractivity contribution >= 4 is 29.2 Å². The molecule has 1 heterocycles. The van der Waals surface area contributed by atoms with Gasteiger partial charge in [-0.1, -0.05) is 42.5 Å². The first-order valence-corrected chi connectivity index (χ1v) is 9.87. The van der Waals surface area contributed by atoms with Crippen molar-refractivity contribution in [3.8, 4) is 0 Å². The van der Waals surface area contributed by atoms with E-state index in [0.717, 1.165) is 25.0 Å². The van der Waals surface area contributed by atoms with Gasteiger partial charge in [-0.15, -0.1) is 0 Å². The molecule has 1 saturated heterocycles. The number of alkyl carbamates (subject to hydrolysis) is 1. The Hall–Kier alpha value is -2.19. The molecule has 0 aliphatic carbocycles. The monoisotopic (exact) mass is 407 g/mol. The summed E-state index contributed by atoms with van der Waals surface area (Å²) >= 11 is 5.27. The summed E-state index contributed by atoms with van der Waals surface area (Å²) in [6.07, 6.45) is 2.32. The van der Waals surface area contributed by atoms with Crippen LogP contribution in [0.4, 0.5) is 4.79 Å². The molecular formula is C20H29N3O4S. The van der Waals surface area contributed by atoms with Crippen LogP contribution >= 0.6 is 12.2 Å². The van der Waals surface area contributed by atoms with Crippen LogP contribution in [0.25, 0.3) is 0 Å². The molecule has 0 aromatic heterocycles. The average molecular weight is 408 g/mol. The van der Waals surface area contributed by atoms with Crippen LogP contribution < -0.4 is 16.2 Å². The lowest BCUT2D eigenvalue weighted by molar-refractivity contribution is -0.123. The normalized spacial score (nSPS) is 17.5. The van der Waals surface area contributed by atoms with Crippen molar-refractivity contribution in [3.63, 3.8) is 0 Å². The maximum Gasteiger partial charge on any atom is 0.408 e. The number of carbonyl (C=O) groups excluding carboxylic acids is 2. The highest BCUT2D eigenvalue weighted by molar-refractivity contribution is 7.80. The molecule has 0 bridgehead atoms. The fraction of sp³-hybridized carbons (Fsp3) is 0.550. The molecule has 2 atom stereocenters. The maximum atomic E-state index is 12.7. The first-order valence-electron chi connectivity index (χ1n) is 9.46. The minimum atomic E-state index is -0.810. The van der Waals surface area contributed by atoms with Gasteiger partial charge < -0.3 is 14.8 Å². The van der Waals surface area contributed by atoms with Crippen molar-refractivity contribution in [2.24, 2.45) is 0 Å². The van der Waals surface area contributed by atoms with Gasteiger partial charge in [0.2, 0.25) is 0 Å². The van der Waals surface area contributed by atoms with Crippen LogP contribution in [0.3, 0.4) is 0 Å². The van der Waals surface area contributed by atoms with Gasteiger partial charge in [0.25, 0.3) is 5.91 Å². The Morgan fingerprint density at radius 2 is 1.96 bits per heavy atom. The lowest BCUT2D eigenvalue weighted by Gasteiger charge is -2.23. The highest BCUT2D eigenvalue weighted by atomic mass is 32.1. The smallest absolute Gasteiger partial charge is 0.408 e. The van der Waals surface area contributed by atoms with E-state index in [0.29, 0.717) is 17.8 Å². The Bertz CT molecular complexity index is 670. The number of rotatable bonds is 6. The summed E-state index contributed by atoms with van der Waals surface area (Å²) < 4.78 is 10.8.